The Bertz CT molecular complexity index is 1700. The molecule has 0 fully saturated rings. The van der Waals surface area contributed by atoms with Gasteiger partial charge in [-0.25, -0.2) is 10.6 Å². The first-order chi connectivity index (χ1) is 20.2. The number of hydrazine groups is 1. The van der Waals surface area contributed by atoms with Crippen LogP contribution in [-0.4, -0.2) is 46.6 Å². The minimum atomic E-state index is -1.08. The first-order valence-electron chi connectivity index (χ1n) is 12.6. The standard InChI is InChI=1S/C30H28ClN7O4/c1-33-34-18-38(32)26-13-10-22(31)15-20(26)9-14-28(39)36-25(16-21-17-37(2)27-6-4-3-5-24(21)27)29(40)35-23-11-7-19(8-12-23)30(41)42/h3-15,17-18,25H,1,16,32H2,2H3,(H,35,40)(H,36,39)(H,41,42)/b14-9+,34-18-. The highest BCUT2D eigenvalue weighted by Crippen LogP contribution is 2.24. The lowest BCUT2D eigenvalue weighted by molar-refractivity contribution is -0.123. The number of nitrogens with zero attached hydrogens (tertiary/aromatic N) is 4. The number of aromatic nitrogens is 1. The van der Waals surface area contributed by atoms with Crippen molar-refractivity contribution in [3.05, 3.63) is 101 Å². The van der Waals surface area contributed by atoms with E-state index in [1.807, 2.05) is 42.1 Å². The van der Waals surface area contributed by atoms with Crippen LogP contribution in [0.2, 0.25) is 5.02 Å². The number of carboxylic acids is 1. The molecular formula is C30H28ClN7O4. The number of anilines is 2. The van der Waals surface area contributed by atoms with Crippen molar-refractivity contribution in [2.24, 2.45) is 23.1 Å². The van der Waals surface area contributed by atoms with Crippen LogP contribution in [0.25, 0.3) is 17.0 Å². The zero-order chi connectivity index (χ0) is 30.2. The summed E-state index contributed by atoms with van der Waals surface area (Å²) in [5.74, 6) is 3.94. The van der Waals surface area contributed by atoms with Crippen molar-refractivity contribution in [2.45, 2.75) is 12.5 Å². The first kappa shape index (κ1) is 29.7. The third-order valence-corrected chi connectivity index (χ3v) is 6.61. The van der Waals surface area contributed by atoms with Gasteiger partial charge in [0.1, 0.15) is 12.4 Å². The van der Waals surface area contributed by atoms with Crippen LogP contribution in [0.4, 0.5) is 11.4 Å². The topological polar surface area (TPSA) is 154 Å². The van der Waals surface area contributed by atoms with E-state index in [0.717, 1.165) is 16.5 Å². The van der Waals surface area contributed by atoms with Gasteiger partial charge in [-0.3, -0.25) is 14.6 Å². The largest absolute Gasteiger partial charge is 0.478 e. The van der Waals surface area contributed by atoms with Gasteiger partial charge in [0.2, 0.25) is 11.8 Å². The summed E-state index contributed by atoms with van der Waals surface area (Å²) in [6.07, 6.45) is 6.16. The summed E-state index contributed by atoms with van der Waals surface area (Å²) in [6.45, 7) is 3.27. The minimum absolute atomic E-state index is 0.0854. The zero-order valence-corrected chi connectivity index (χ0v) is 23.3. The zero-order valence-electron chi connectivity index (χ0n) is 22.6. The Morgan fingerprint density at radius 3 is 2.60 bits per heavy atom. The number of carbonyl (C=O) groups excluding carboxylic acids is 2. The maximum atomic E-state index is 13.4. The SMILES string of the molecule is C=N/N=C\N(N)c1ccc(Cl)cc1/C=C/C(=O)NC(Cc1cn(C)c2ccccc12)C(=O)Nc1ccc(C(=O)O)cc1. The van der Waals surface area contributed by atoms with Crippen LogP contribution in [0.3, 0.4) is 0 Å². The van der Waals surface area contributed by atoms with Crippen LogP contribution in [0, 0.1) is 0 Å². The van der Waals surface area contributed by atoms with Crippen molar-refractivity contribution in [2.75, 3.05) is 10.3 Å². The Labute approximate surface area is 246 Å². The third kappa shape index (κ3) is 7.27. The van der Waals surface area contributed by atoms with E-state index in [2.05, 4.69) is 27.6 Å². The molecule has 11 nitrogen and oxygen atoms in total. The predicted molar refractivity (Wildman–Crippen MR) is 166 cm³/mol. The number of para-hydroxylation sites is 1. The number of fused-ring (bicyclic) bond motifs is 1. The Kier molecular flexibility index (Phi) is 9.48. The minimum Gasteiger partial charge on any atom is -0.478 e. The summed E-state index contributed by atoms with van der Waals surface area (Å²) in [5, 5.41) is 24.3. The van der Waals surface area contributed by atoms with Crippen LogP contribution in [0.5, 0.6) is 0 Å². The molecule has 1 aromatic heterocycles. The average molecular weight is 586 g/mol. The number of amides is 2. The molecule has 2 amide bonds. The van der Waals surface area contributed by atoms with Gasteiger partial charge < -0.3 is 20.3 Å². The molecule has 0 aliphatic heterocycles. The van der Waals surface area contributed by atoms with Crippen LogP contribution < -0.4 is 21.5 Å². The van der Waals surface area contributed by atoms with Crippen molar-refractivity contribution in [1.82, 2.24) is 9.88 Å². The van der Waals surface area contributed by atoms with Gasteiger partial charge >= 0.3 is 5.97 Å². The molecule has 0 radical (unpaired) electrons. The fourth-order valence-corrected chi connectivity index (χ4v) is 4.56. The lowest BCUT2D eigenvalue weighted by Crippen LogP contribution is -2.44. The van der Waals surface area contributed by atoms with E-state index in [0.29, 0.717) is 22.0 Å². The van der Waals surface area contributed by atoms with Gasteiger partial charge in [0.15, 0.2) is 0 Å². The van der Waals surface area contributed by atoms with Crippen LogP contribution in [0.15, 0.2) is 89.2 Å². The predicted octanol–water partition coefficient (Wildman–Crippen LogP) is 4.23. The van der Waals surface area contributed by atoms with Crippen molar-refractivity contribution >= 4 is 70.8 Å². The van der Waals surface area contributed by atoms with Crippen LogP contribution in [-0.2, 0) is 23.1 Å². The number of carboxylic acid groups (broad SMARTS) is 1. The summed E-state index contributed by atoms with van der Waals surface area (Å²) < 4.78 is 1.95. The number of halogens is 1. The van der Waals surface area contributed by atoms with E-state index in [-0.39, 0.29) is 12.0 Å². The number of aromatic carboxylic acids is 1. The molecule has 4 rings (SSSR count). The summed E-state index contributed by atoms with van der Waals surface area (Å²) in [5.41, 5.74) is 3.33. The van der Waals surface area contributed by atoms with E-state index < -0.39 is 23.8 Å². The average Bonchev–Trinajstić information content (AvgIpc) is 3.29. The number of benzene rings is 3. The molecule has 1 atom stereocenters. The maximum absolute atomic E-state index is 13.4. The molecule has 0 spiro atoms. The fraction of sp³-hybridized carbons (Fsp3) is 0.100. The molecular weight excluding hydrogens is 558 g/mol. The van der Waals surface area contributed by atoms with Gasteiger partial charge in [-0.05, 0) is 60.2 Å². The van der Waals surface area contributed by atoms with E-state index in [9.17, 15) is 14.4 Å². The number of hydrogen-bond acceptors (Lipinski definition) is 6. The lowest BCUT2D eigenvalue weighted by Gasteiger charge is -2.18. The number of nitrogens with one attached hydrogen (secondary N) is 2. The highest BCUT2D eigenvalue weighted by Gasteiger charge is 2.23. The van der Waals surface area contributed by atoms with Crippen LogP contribution in [0.1, 0.15) is 21.5 Å². The van der Waals surface area contributed by atoms with Gasteiger partial charge in [0.25, 0.3) is 0 Å². The number of nitrogens with two attached hydrogens (primary N) is 1. The molecule has 214 valence electrons. The molecule has 0 saturated carbocycles. The van der Waals surface area contributed by atoms with Gasteiger partial charge in [-0.1, -0.05) is 29.8 Å². The molecule has 12 heteroatoms. The van der Waals surface area contributed by atoms with Crippen molar-refractivity contribution < 1.29 is 19.5 Å². The van der Waals surface area contributed by atoms with Gasteiger partial charge in [0, 0.05) is 59.6 Å². The Balaban J connectivity index is 1.59. The normalized spacial score (nSPS) is 12.0. The van der Waals surface area contributed by atoms with Gasteiger partial charge in [-0.2, -0.15) is 5.10 Å². The fourth-order valence-electron chi connectivity index (χ4n) is 4.38. The Morgan fingerprint density at radius 1 is 1.14 bits per heavy atom. The molecule has 4 aromatic rings. The second-order valence-electron chi connectivity index (χ2n) is 9.24. The second-order valence-corrected chi connectivity index (χ2v) is 9.67. The van der Waals surface area contributed by atoms with E-state index in [4.69, 9.17) is 22.6 Å². The smallest absolute Gasteiger partial charge is 0.335 e. The van der Waals surface area contributed by atoms with E-state index >= 15 is 0 Å². The van der Waals surface area contributed by atoms with Gasteiger partial charge in [0.05, 0.1) is 11.3 Å². The molecule has 0 aliphatic rings. The molecule has 0 aliphatic carbocycles. The number of carbonyl (C=O) groups is 3. The summed E-state index contributed by atoms with van der Waals surface area (Å²) in [6, 6.07) is 17.5. The van der Waals surface area contributed by atoms with Crippen molar-refractivity contribution in [3.63, 3.8) is 0 Å². The molecule has 3 aromatic carbocycles. The third-order valence-electron chi connectivity index (χ3n) is 6.38. The van der Waals surface area contributed by atoms with E-state index in [1.54, 1.807) is 18.2 Å². The monoisotopic (exact) mass is 585 g/mol. The molecule has 0 saturated heterocycles. The molecule has 0 bridgehead atoms. The molecule has 42 heavy (non-hydrogen) atoms. The Morgan fingerprint density at radius 2 is 1.88 bits per heavy atom. The maximum Gasteiger partial charge on any atom is 0.335 e. The molecule has 1 heterocycles. The number of rotatable bonds is 11. The highest BCUT2D eigenvalue weighted by atomic mass is 35.5. The Hall–Kier alpha value is -5.26. The molecule has 5 N–H and O–H groups in total. The first-order valence-corrected chi connectivity index (χ1v) is 13.0. The van der Waals surface area contributed by atoms with E-state index in [1.165, 1.54) is 47.8 Å². The van der Waals surface area contributed by atoms with Gasteiger partial charge in [-0.15, -0.1) is 5.10 Å². The summed E-state index contributed by atoms with van der Waals surface area (Å²) in [7, 11) is 1.91. The quantitative estimate of drug-likeness (QED) is 0.0679. The van der Waals surface area contributed by atoms with Crippen molar-refractivity contribution in [3.8, 4) is 0 Å². The van der Waals surface area contributed by atoms with Crippen LogP contribution >= 0.6 is 11.6 Å². The number of aryl methyl sites for hydroxylation is 1. The highest BCUT2D eigenvalue weighted by molar-refractivity contribution is 6.30. The second kappa shape index (κ2) is 13.4. The molecule has 1 unspecified atom stereocenters. The lowest BCUT2D eigenvalue weighted by atomic mass is 10.0. The van der Waals surface area contributed by atoms with Crippen molar-refractivity contribution in [1.29, 1.82) is 0 Å². The summed E-state index contributed by atoms with van der Waals surface area (Å²) in [4.78, 5) is 37.7. The number of hydrogen-bond donors (Lipinski definition) is 4. The summed E-state index contributed by atoms with van der Waals surface area (Å²) >= 11 is 6.17.